The number of likely N-dealkylation sites (tertiary alicyclic amines) is 1. The van der Waals surface area contributed by atoms with Crippen molar-refractivity contribution in [1.82, 2.24) is 15.1 Å². The minimum atomic E-state index is 0.676. The molecule has 0 amide bonds. The molecule has 1 aliphatic heterocycles. The molecule has 0 aromatic rings. The van der Waals surface area contributed by atoms with Gasteiger partial charge in [0.1, 0.15) is 0 Å². The summed E-state index contributed by atoms with van der Waals surface area (Å²) < 4.78 is 0. The number of hydrogen-bond donors (Lipinski definition) is 1. The number of nitrogens with one attached hydrogen (secondary N) is 1. The molecule has 3 unspecified atom stereocenters. The lowest BCUT2D eigenvalue weighted by Gasteiger charge is -2.32. The molecule has 0 aromatic carbocycles. The van der Waals surface area contributed by atoms with Gasteiger partial charge in [-0.3, -0.25) is 4.90 Å². The third-order valence-corrected chi connectivity index (χ3v) is 5.51. The predicted octanol–water partition coefficient (Wildman–Crippen LogP) is 2.57. The maximum absolute atomic E-state index is 3.87. The normalized spacial score (nSPS) is 29.6. The lowest BCUT2D eigenvalue weighted by Crippen LogP contribution is -2.46. The van der Waals surface area contributed by atoms with E-state index in [0.717, 1.165) is 24.5 Å². The molecule has 3 nitrogen and oxygen atoms in total. The van der Waals surface area contributed by atoms with E-state index in [1.807, 2.05) is 0 Å². The van der Waals surface area contributed by atoms with Gasteiger partial charge in [-0.2, -0.15) is 0 Å². The van der Waals surface area contributed by atoms with E-state index < -0.39 is 0 Å². The number of hydrogen-bond acceptors (Lipinski definition) is 3. The maximum atomic E-state index is 3.87. The van der Waals surface area contributed by atoms with Crippen LogP contribution in [0.1, 0.15) is 52.9 Å². The van der Waals surface area contributed by atoms with Crippen LogP contribution in [0.2, 0.25) is 0 Å². The zero-order chi connectivity index (χ0) is 14.7. The van der Waals surface area contributed by atoms with Crippen molar-refractivity contribution in [3.63, 3.8) is 0 Å². The fourth-order valence-electron chi connectivity index (χ4n) is 4.01. The first-order chi connectivity index (χ1) is 9.56. The van der Waals surface area contributed by atoms with E-state index in [2.05, 4.69) is 50.0 Å². The first kappa shape index (κ1) is 16.3. The topological polar surface area (TPSA) is 18.5 Å². The Bertz CT molecular complexity index is 284. The van der Waals surface area contributed by atoms with Gasteiger partial charge >= 0.3 is 0 Å². The summed E-state index contributed by atoms with van der Waals surface area (Å²) in [6.07, 6.45) is 6.78. The average molecular weight is 281 g/mol. The highest BCUT2D eigenvalue weighted by molar-refractivity contribution is 4.96. The smallest absolute Gasteiger partial charge is 0.0242 e. The van der Waals surface area contributed by atoms with Gasteiger partial charge in [0.2, 0.25) is 0 Å². The highest BCUT2D eigenvalue weighted by Gasteiger charge is 2.38. The Balaban J connectivity index is 1.80. The largest absolute Gasteiger partial charge is 0.311 e. The van der Waals surface area contributed by atoms with Crippen molar-refractivity contribution in [2.24, 2.45) is 5.92 Å². The second-order valence-corrected chi connectivity index (χ2v) is 7.23. The van der Waals surface area contributed by atoms with Gasteiger partial charge in [-0.15, -0.1) is 0 Å². The second kappa shape index (κ2) is 7.24. The molecule has 0 radical (unpaired) electrons. The van der Waals surface area contributed by atoms with Crippen LogP contribution in [-0.4, -0.2) is 61.2 Å². The molecule has 0 spiro atoms. The van der Waals surface area contributed by atoms with Gasteiger partial charge in [0.25, 0.3) is 0 Å². The lowest BCUT2D eigenvalue weighted by atomic mass is 9.93. The molecule has 1 N–H and O–H groups in total. The summed E-state index contributed by atoms with van der Waals surface area (Å²) in [6, 6.07) is 3.09. The van der Waals surface area contributed by atoms with Crippen molar-refractivity contribution in [1.29, 1.82) is 0 Å². The Hall–Kier alpha value is -0.120. The fraction of sp³-hybridized carbons (Fsp3) is 1.00. The van der Waals surface area contributed by atoms with E-state index in [1.54, 1.807) is 0 Å². The van der Waals surface area contributed by atoms with E-state index in [9.17, 15) is 0 Å². The summed E-state index contributed by atoms with van der Waals surface area (Å²) in [5, 5.41) is 3.87. The molecule has 2 aliphatic rings. The summed E-state index contributed by atoms with van der Waals surface area (Å²) in [5.74, 6) is 0.816. The van der Waals surface area contributed by atoms with Crippen LogP contribution >= 0.6 is 0 Å². The standard InChI is InChI=1S/C17H35N3/c1-6-14(7-2)17(19(4)5)11-18-15-10-13(3)20(12-15)16-8-9-16/h13-18H,6-12H2,1-5H3. The quantitative estimate of drug-likeness (QED) is 0.738. The van der Waals surface area contributed by atoms with E-state index in [0.29, 0.717) is 12.1 Å². The van der Waals surface area contributed by atoms with Gasteiger partial charge in [0.05, 0.1) is 0 Å². The van der Waals surface area contributed by atoms with Crippen LogP contribution in [0, 0.1) is 5.92 Å². The van der Waals surface area contributed by atoms with Gasteiger partial charge in [0, 0.05) is 37.3 Å². The predicted molar refractivity (Wildman–Crippen MR) is 87.1 cm³/mol. The van der Waals surface area contributed by atoms with Crippen molar-refractivity contribution in [3.8, 4) is 0 Å². The van der Waals surface area contributed by atoms with Crippen LogP contribution in [0.4, 0.5) is 0 Å². The minimum absolute atomic E-state index is 0.676. The van der Waals surface area contributed by atoms with Crippen LogP contribution in [0.5, 0.6) is 0 Å². The van der Waals surface area contributed by atoms with Crippen LogP contribution in [-0.2, 0) is 0 Å². The van der Waals surface area contributed by atoms with Crippen molar-refractivity contribution in [3.05, 3.63) is 0 Å². The lowest BCUT2D eigenvalue weighted by molar-refractivity contribution is 0.188. The highest BCUT2D eigenvalue weighted by atomic mass is 15.3. The van der Waals surface area contributed by atoms with E-state index in [1.165, 1.54) is 38.6 Å². The maximum Gasteiger partial charge on any atom is 0.0242 e. The molecule has 2 rings (SSSR count). The van der Waals surface area contributed by atoms with Crippen molar-refractivity contribution in [2.45, 2.75) is 77.0 Å². The summed E-state index contributed by atoms with van der Waals surface area (Å²) >= 11 is 0. The van der Waals surface area contributed by atoms with E-state index in [4.69, 9.17) is 0 Å². The first-order valence-electron chi connectivity index (χ1n) is 8.72. The zero-order valence-corrected chi connectivity index (χ0v) is 14.2. The molecule has 1 saturated heterocycles. The number of nitrogens with zero attached hydrogens (tertiary/aromatic N) is 2. The summed E-state index contributed by atoms with van der Waals surface area (Å²) in [4.78, 5) is 5.15. The molecule has 20 heavy (non-hydrogen) atoms. The molecule has 118 valence electrons. The van der Waals surface area contributed by atoms with Gasteiger partial charge in [-0.05, 0) is 46.2 Å². The summed E-state index contributed by atoms with van der Waals surface area (Å²) in [5.41, 5.74) is 0. The Labute approximate surface area is 126 Å². The summed E-state index contributed by atoms with van der Waals surface area (Å²) in [6.45, 7) is 9.49. The molecule has 1 heterocycles. The number of rotatable bonds is 8. The zero-order valence-electron chi connectivity index (χ0n) is 14.2. The Kier molecular flexibility index (Phi) is 5.88. The molecule has 2 fully saturated rings. The van der Waals surface area contributed by atoms with Gasteiger partial charge in [-0.25, -0.2) is 0 Å². The molecular formula is C17H35N3. The monoisotopic (exact) mass is 281 g/mol. The Morgan fingerprint density at radius 1 is 1.20 bits per heavy atom. The van der Waals surface area contributed by atoms with Crippen molar-refractivity contribution in [2.75, 3.05) is 27.2 Å². The Morgan fingerprint density at radius 2 is 1.85 bits per heavy atom. The average Bonchev–Trinajstić information content (AvgIpc) is 3.18. The first-order valence-corrected chi connectivity index (χ1v) is 8.72. The van der Waals surface area contributed by atoms with Crippen LogP contribution in [0.15, 0.2) is 0 Å². The molecule has 3 heteroatoms. The SMILES string of the molecule is CCC(CC)C(CNC1CC(C)N(C2CC2)C1)N(C)C. The molecule has 0 aromatic heterocycles. The van der Waals surface area contributed by atoms with Gasteiger partial charge in [-0.1, -0.05) is 26.7 Å². The third kappa shape index (κ3) is 3.96. The Morgan fingerprint density at radius 3 is 2.35 bits per heavy atom. The van der Waals surface area contributed by atoms with Gasteiger partial charge in [0.15, 0.2) is 0 Å². The molecule has 1 saturated carbocycles. The van der Waals surface area contributed by atoms with Crippen molar-refractivity contribution >= 4 is 0 Å². The van der Waals surface area contributed by atoms with E-state index >= 15 is 0 Å². The minimum Gasteiger partial charge on any atom is -0.311 e. The molecular weight excluding hydrogens is 246 g/mol. The van der Waals surface area contributed by atoms with Gasteiger partial charge < -0.3 is 10.2 Å². The van der Waals surface area contributed by atoms with Crippen LogP contribution < -0.4 is 5.32 Å². The van der Waals surface area contributed by atoms with Crippen LogP contribution in [0.3, 0.4) is 0 Å². The van der Waals surface area contributed by atoms with Crippen molar-refractivity contribution < 1.29 is 0 Å². The van der Waals surface area contributed by atoms with Crippen LogP contribution in [0.25, 0.3) is 0 Å². The second-order valence-electron chi connectivity index (χ2n) is 7.23. The molecule has 1 aliphatic carbocycles. The number of likely N-dealkylation sites (N-methyl/N-ethyl adjacent to an activating group) is 1. The fourth-order valence-corrected chi connectivity index (χ4v) is 4.01. The highest BCUT2D eigenvalue weighted by Crippen LogP contribution is 2.33. The van der Waals surface area contributed by atoms with E-state index in [-0.39, 0.29) is 0 Å². The third-order valence-electron chi connectivity index (χ3n) is 5.51. The molecule has 0 bridgehead atoms. The summed E-state index contributed by atoms with van der Waals surface area (Å²) in [7, 11) is 4.47. The molecule has 3 atom stereocenters.